The first-order valence-electron chi connectivity index (χ1n) is 5.45. The van der Waals surface area contributed by atoms with Gasteiger partial charge in [0.2, 0.25) is 0 Å². The standard InChI is InChI=1S/C9H19N3O2S.ClH/c1-8-3-4-12(7-8)15(13,14)11(2)9-5-10-6-9;/h8-10H,3-7H2,1-2H3;1H. The zero-order chi connectivity index (χ0) is 11.1. The summed E-state index contributed by atoms with van der Waals surface area (Å²) < 4.78 is 27.4. The summed E-state index contributed by atoms with van der Waals surface area (Å²) >= 11 is 0. The number of hydrogen-bond donors (Lipinski definition) is 1. The Morgan fingerprint density at radius 2 is 2.00 bits per heavy atom. The van der Waals surface area contributed by atoms with Crippen LogP contribution >= 0.6 is 12.4 Å². The molecule has 2 saturated heterocycles. The van der Waals surface area contributed by atoms with Crippen LogP contribution in [-0.4, -0.2) is 56.3 Å². The second kappa shape index (κ2) is 5.18. The van der Waals surface area contributed by atoms with Gasteiger partial charge >= 0.3 is 0 Å². The van der Waals surface area contributed by atoms with Crippen LogP contribution in [0, 0.1) is 5.92 Å². The SMILES string of the molecule is CC1CCN(S(=O)(=O)N(C)C2CNC2)C1.Cl. The molecule has 1 unspecified atom stereocenters. The van der Waals surface area contributed by atoms with Crippen LogP contribution in [0.1, 0.15) is 13.3 Å². The Balaban J connectivity index is 0.00000128. The lowest BCUT2D eigenvalue weighted by atomic mass is 10.2. The van der Waals surface area contributed by atoms with Crippen molar-refractivity contribution in [3.05, 3.63) is 0 Å². The summed E-state index contributed by atoms with van der Waals surface area (Å²) in [6, 6.07) is 0.144. The first kappa shape index (κ1) is 14.2. The Labute approximate surface area is 104 Å². The van der Waals surface area contributed by atoms with Crippen molar-refractivity contribution < 1.29 is 8.42 Å². The minimum absolute atomic E-state index is 0. The van der Waals surface area contributed by atoms with Gasteiger partial charge in [-0.25, -0.2) is 0 Å². The second-order valence-corrected chi connectivity index (χ2v) is 6.58. The summed E-state index contributed by atoms with van der Waals surface area (Å²) in [5.41, 5.74) is 0. The molecule has 2 aliphatic rings. The van der Waals surface area contributed by atoms with E-state index in [9.17, 15) is 8.42 Å². The molecule has 2 aliphatic heterocycles. The van der Waals surface area contributed by atoms with Gasteiger partial charge in [-0.2, -0.15) is 17.0 Å². The molecule has 2 heterocycles. The smallest absolute Gasteiger partial charge is 0.282 e. The molecular formula is C9H20ClN3O2S. The van der Waals surface area contributed by atoms with Crippen molar-refractivity contribution in [3.63, 3.8) is 0 Å². The van der Waals surface area contributed by atoms with E-state index in [0.29, 0.717) is 19.0 Å². The monoisotopic (exact) mass is 269 g/mol. The molecule has 5 nitrogen and oxygen atoms in total. The average molecular weight is 270 g/mol. The predicted molar refractivity (Wildman–Crippen MR) is 65.9 cm³/mol. The fraction of sp³-hybridized carbons (Fsp3) is 1.00. The van der Waals surface area contributed by atoms with Gasteiger partial charge in [0.1, 0.15) is 0 Å². The summed E-state index contributed by atoms with van der Waals surface area (Å²) in [6.07, 6.45) is 0.982. The highest BCUT2D eigenvalue weighted by Gasteiger charge is 2.37. The van der Waals surface area contributed by atoms with E-state index < -0.39 is 10.2 Å². The van der Waals surface area contributed by atoms with Crippen LogP contribution in [0.2, 0.25) is 0 Å². The zero-order valence-corrected chi connectivity index (χ0v) is 11.4. The molecule has 0 radical (unpaired) electrons. The molecular weight excluding hydrogens is 250 g/mol. The largest absolute Gasteiger partial charge is 0.313 e. The Morgan fingerprint density at radius 1 is 1.38 bits per heavy atom. The number of rotatable bonds is 3. The predicted octanol–water partition coefficient (Wildman–Crippen LogP) is -0.102. The molecule has 0 aromatic rings. The number of hydrogen-bond acceptors (Lipinski definition) is 3. The van der Waals surface area contributed by atoms with Crippen LogP contribution in [0.3, 0.4) is 0 Å². The fourth-order valence-electron chi connectivity index (χ4n) is 2.01. The highest BCUT2D eigenvalue weighted by Crippen LogP contribution is 2.21. The van der Waals surface area contributed by atoms with Crippen LogP contribution in [0.15, 0.2) is 0 Å². The van der Waals surface area contributed by atoms with Crippen molar-refractivity contribution in [2.75, 3.05) is 33.2 Å². The molecule has 16 heavy (non-hydrogen) atoms. The van der Waals surface area contributed by atoms with Crippen molar-refractivity contribution in [2.45, 2.75) is 19.4 Å². The summed E-state index contributed by atoms with van der Waals surface area (Å²) in [5.74, 6) is 0.493. The Kier molecular flexibility index (Phi) is 4.59. The maximum atomic E-state index is 12.1. The van der Waals surface area contributed by atoms with Crippen molar-refractivity contribution in [3.8, 4) is 0 Å². The van der Waals surface area contributed by atoms with E-state index in [1.165, 1.54) is 4.31 Å². The molecule has 0 aliphatic carbocycles. The zero-order valence-electron chi connectivity index (χ0n) is 9.72. The molecule has 0 aromatic heterocycles. The van der Waals surface area contributed by atoms with Crippen molar-refractivity contribution in [2.24, 2.45) is 5.92 Å². The highest BCUT2D eigenvalue weighted by atomic mass is 35.5. The van der Waals surface area contributed by atoms with Gasteiger partial charge in [0.25, 0.3) is 10.2 Å². The molecule has 0 bridgehead atoms. The highest BCUT2D eigenvalue weighted by molar-refractivity contribution is 7.86. The number of likely N-dealkylation sites (N-methyl/N-ethyl adjacent to an activating group) is 1. The lowest BCUT2D eigenvalue weighted by molar-refractivity contribution is 0.257. The first-order valence-corrected chi connectivity index (χ1v) is 6.85. The van der Waals surface area contributed by atoms with Crippen LogP contribution < -0.4 is 5.32 Å². The maximum Gasteiger partial charge on any atom is 0.282 e. The molecule has 96 valence electrons. The third kappa shape index (κ3) is 2.51. The Morgan fingerprint density at radius 3 is 2.38 bits per heavy atom. The summed E-state index contributed by atoms with van der Waals surface area (Å²) in [7, 11) is -1.52. The van der Waals surface area contributed by atoms with E-state index >= 15 is 0 Å². The van der Waals surface area contributed by atoms with E-state index in [-0.39, 0.29) is 18.4 Å². The lowest BCUT2D eigenvalue weighted by Gasteiger charge is -2.36. The van der Waals surface area contributed by atoms with Crippen molar-refractivity contribution >= 4 is 22.6 Å². The number of nitrogens with one attached hydrogen (secondary N) is 1. The summed E-state index contributed by atoms with van der Waals surface area (Å²) in [4.78, 5) is 0. The molecule has 2 rings (SSSR count). The molecule has 1 N–H and O–H groups in total. The van der Waals surface area contributed by atoms with E-state index in [1.54, 1.807) is 11.4 Å². The van der Waals surface area contributed by atoms with Crippen molar-refractivity contribution in [1.29, 1.82) is 0 Å². The van der Waals surface area contributed by atoms with Gasteiger partial charge in [0, 0.05) is 33.2 Å². The quantitative estimate of drug-likeness (QED) is 0.779. The second-order valence-electron chi connectivity index (χ2n) is 4.59. The van der Waals surface area contributed by atoms with Crippen LogP contribution in [0.5, 0.6) is 0 Å². The van der Waals surface area contributed by atoms with Gasteiger partial charge < -0.3 is 5.32 Å². The van der Waals surface area contributed by atoms with Gasteiger partial charge in [-0.15, -0.1) is 12.4 Å². The number of halogens is 1. The summed E-state index contributed by atoms with van der Waals surface area (Å²) in [6.45, 7) is 5.00. The van der Waals surface area contributed by atoms with E-state index in [0.717, 1.165) is 19.5 Å². The van der Waals surface area contributed by atoms with Crippen LogP contribution in [-0.2, 0) is 10.2 Å². The van der Waals surface area contributed by atoms with Crippen LogP contribution in [0.4, 0.5) is 0 Å². The topological polar surface area (TPSA) is 52.7 Å². The molecule has 0 spiro atoms. The minimum Gasteiger partial charge on any atom is -0.313 e. The van der Waals surface area contributed by atoms with Gasteiger partial charge in [-0.05, 0) is 12.3 Å². The molecule has 7 heteroatoms. The van der Waals surface area contributed by atoms with Gasteiger partial charge in [-0.3, -0.25) is 0 Å². The molecule has 0 amide bonds. The molecule has 0 aromatic carbocycles. The first-order chi connectivity index (χ1) is 7.01. The van der Waals surface area contributed by atoms with Gasteiger partial charge in [-0.1, -0.05) is 6.92 Å². The maximum absolute atomic E-state index is 12.1. The third-order valence-corrected chi connectivity index (χ3v) is 5.36. The van der Waals surface area contributed by atoms with Gasteiger partial charge in [0.05, 0.1) is 6.04 Å². The minimum atomic E-state index is -3.21. The number of nitrogens with zero attached hydrogens (tertiary/aromatic N) is 2. The Bertz CT molecular complexity index is 324. The molecule has 2 fully saturated rings. The summed E-state index contributed by atoms with van der Waals surface area (Å²) in [5, 5.41) is 3.09. The average Bonchev–Trinajstić information content (AvgIpc) is 2.49. The van der Waals surface area contributed by atoms with E-state index in [4.69, 9.17) is 0 Å². The molecule has 1 atom stereocenters. The van der Waals surface area contributed by atoms with Crippen molar-refractivity contribution in [1.82, 2.24) is 13.9 Å². The van der Waals surface area contributed by atoms with Crippen LogP contribution in [0.25, 0.3) is 0 Å². The third-order valence-electron chi connectivity index (χ3n) is 3.35. The lowest BCUT2D eigenvalue weighted by Crippen LogP contribution is -2.59. The van der Waals surface area contributed by atoms with E-state index in [2.05, 4.69) is 12.2 Å². The fourth-order valence-corrected chi connectivity index (χ4v) is 3.67. The van der Waals surface area contributed by atoms with E-state index in [1.807, 2.05) is 0 Å². The normalized spacial score (nSPS) is 27.8. The van der Waals surface area contributed by atoms with Gasteiger partial charge in [0.15, 0.2) is 0 Å². The Hall–Kier alpha value is 0.120. The molecule has 0 saturated carbocycles.